The van der Waals surface area contributed by atoms with Gasteiger partial charge in [0, 0.05) is 31.7 Å². The Bertz CT molecular complexity index is 1190. The zero-order chi connectivity index (χ0) is 19.1. The molecule has 1 aliphatic heterocycles. The van der Waals surface area contributed by atoms with Crippen LogP contribution in [-0.4, -0.2) is 32.0 Å². The van der Waals surface area contributed by atoms with Crippen molar-refractivity contribution in [2.75, 3.05) is 18.0 Å². The second-order valence-corrected chi connectivity index (χ2v) is 7.28. The SMILES string of the molecule is CCc1nc2ccccc2n1C1CCN(c2nc3ccccn3c2C#N)CC1. The van der Waals surface area contributed by atoms with E-state index in [9.17, 15) is 5.26 Å². The first kappa shape index (κ1) is 16.8. The minimum Gasteiger partial charge on any atom is -0.354 e. The highest BCUT2D eigenvalue weighted by atomic mass is 15.2. The molecule has 6 nitrogen and oxygen atoms in total. The monoisotopic (exact) mass is 370 g/mol. The first-order chi connectivity index (χ1) is 13.8. The van der Waals surface area contributed by atoms with Crippen molar-refractivity contribution in [1.29, 1.82) is 5.26 Å². The summed E-state index contributed by atoms with van der Waals surface area (Å²) in [5, 5.41) is 9.67. The molecule has 5 rings (SSSR count). The number of hydrogen-bond acceptors (Lipinski definition) is 4. The molecule has 0 radical (unpaired) electrons. The number of piperidine rings is 1. The second-order valence-electron chi connectivity index (χ2n) is 7.28. The van der Waals surface area contributed by atoms with Crippen molar-refractivity contribution in [3.63, 3.8) is 0 Å². The summed E-state index contributed by atoms with van der Waals surface area (Å²) in [7, 11) is 0. The molecule has 0 spiro atoms. The average Bonchev–Trinajstić information content (AvgIpc) is 3.31. The number of aryl methyl sites for hydroxylation is 1. The summed E-state index contributed by atoms with van der Waals surface area (Å²) in [6.45, 7) is 3.94. The number of nitriles is 1. The van der Waals surface area contributed by atoms with E-state index in [1.54, 1.807) is 0 Å². The number of fused-ring (bicyclic) bond motifs is 2. The van der Waals surface area contributed by atoms with Gasteiger partial charge >= 0.3 is 0 Å². The predicted molar refractivity (Wildman–Crippen MR) is 110 cm³/mol. The van der Waals surface area contributed by atoms with Gasteiger partial charge in [-0.2, -0.15) is 5.26 Å². The van der Waals surface area contributed by atoms with Crippen molar-refractivity contribution >= 4 is 22.5 Å². The summed E-state index contributed by atoms with van der Waals surface area (Å²) in [5.41, 5.74) is 3.75. The van der Waals surface area contributed by atoms with Crippen LogP contribution in [0.1, 0.15) is 37.3 Å². The molecule has 1 saturated heterocycles. The van der Waals surface area contributed by atoms with E-state index in [4.69, 9.17) is 9.97 Å². The van der Waals surface area contributed by atoms with E-state index in [1.807, 2.05) is 28.8 Å². The molecule has 0 atom stereocenters. The maximum atomic E-state index is 9.67. The number of benzene rings is 1. The van der Waals surface area contributed by atoms with Crippen molar-refractivity contribution in [1.82, 2.24) is 18.9 Å². The van der Waals surface area contributed by atoms with Crippen LogP contribution < -0.4 is 4.90 Å². The Balaban J connectivity index is 1.44. The third-order valence-electron chi connectivity index (χ3n) is 5.73. The molecular weight excluding hydrogens is 348 g/mol. The second kappa shape index (κ2) is 6.68. The summed E-state index contributed by atoms with van der Waals surface area (Å²) in [4.78, 5) is 11.8. The number of pyridine rings is 1. The van der Waals surface area contributed by atoms with Crippen LogP contribution in [0.4, 0.5) is 5.82 Å². The van der Waals surface area contributed by atoms with Gasteiger partial charge < -0.3 is 9.47 Å². The van der Waals surface area contributed by atoms with Gasteiger partial charge in [0.15, 0.2) is 11.5 Å². The Kier molecular flexibility index (Phi) is 4.01. The van der Waals surface area contributed by atoms with Gasteiger partial charge in [-0.25, -0.2) is 9.97 Å². The molecule has 0 amide bonds. The minimum atomic E-state index is 0.432. The molecule has 0 bridgehead atoms. The third-order valence-corrected chi connectivity index (χ3v) is 5.73. The quantitative estimate of drug-likeness (QED) is 0.548. The van der Waals surface area contributed by atoms with Crippen molar-refractivity contribution in [2.24, 2.45) is 0 Å². The smallest absolute Gasteiger partial charge is 0.169 e. The van der Waals surface area contributed by atoms with Crippen molar-refractivity contribution in [3.05, 3.63) is 60.2 Å². The predicted octanol–water partition coefficient (Wildman–Crippen LogP) is 3.96. The van der Waals surface area contributed by atoms with Crippen LogP contribution in [0.3, 0.4) is 0 Å². The summed E-state index contributed by atoms with van der Waals surface area (Å²) >= 11 is 0. The number of imidazole rings is 2. The van der Waals surface area contributed by atoms with Gasteiger partial charge in [0.05, 0.1) is 11.0 Å². The van der Waals surface area contributed by atoms with E-state index in [0.717, 1.165) is 55.2 Å². The molecule has 140 valence electrons. The lowest BCUT2D eigenvalue weighted by Crippen LogP contribution is -2.35. The largest absolute Gasteiger partial charge is 0.354 e. The Morgan fingerprint density at radius 1 is 1.07 bits per heavy atom. The minimum absolute atomic E-state index is 0.432. The van der Waals surface area contributed by atoms with Crippen LogP contribution in [0.15, 0.2) is 48.7 Å². The fraction of sp³-hybridized carbons (Fsp3) is 0.318. The highest BCUT2D eigenvalue weighted by molar-refractivity contribution is 5.76. The molecule has 0 unspecified atom stereocenters. The van der Waals surface area contributed by atoms with Gasteiger partial charge in [-0.05, 0) is 37.1 Å². The van der Waals surface area contributed by atoms with Gasteiger partial charge in [0.2, 0.25) is 0 Å². The highest BCUT2D eigenvalue weighted by Crippen LogP contribution is 2.32. The van der Waals surface area contributed by atoms with Gasteiger partial charge in [-0.1, -0.05) is 25.1 Å². The topological polar surface area (TPSA) is 62.1 Å². The standard InChI is InChI=1S/C22H22N6/c1-2-20-24-17-7-3-4-8-18(17)28(20)16-10-13-26(14-11-16)22-19(15-23)27-12-6-5-9-21(27)25-22/h3-9,12,16H,2,10-11,13-14H2,1H3. The Hall–Kier alpha value is -3.33. The number of anilines is 1. The van der Waals surface area contributed by atoms with Gasteiger partial charge in [0.1, 0.15) is 17.5 Å². The number of rotatable bonds is 3. The summed E-state index contributed by atoms with van der Waals surface area (Å²) in [5.74, 6) is 1.96. The molecule has 0 saturated carbocycles. The van der Waals surface area contributed by atoms with Crippen LogP contribution in [-0.2, 0) is 6.42 Å². The van der Waals surface area contributed by atoms with Crippen LogP contribution in [0.5, 0.6) is 0 Å². The molecule has 6 heteroatoms. The summed E-state index contributed by atoms with van der Waals surface area (Å²) < 4.78 is 4.31. The van der Waals surface area contributed by atoms with Crippen LogP contribution in [0, 0.1) is 11.3 Å². The molecule has 1 fully saturated rings. The van der Waals surface area contributed by atoms with Gasteiger partial charge in [-0.15, -0.1) is 0 Å². The Morgan fingerprint density at radius 2 is 1.86 bits per heavy atom. The van der Waals surface area contributed by atoms with Crippen LogP contribution in [0.2, 0.25) is 0 Å². The lowest BCUT2D eigenvalue weighted by molar-refractivity contribution is 0.394. The van der Waals surface area contributed by atoms with Crippen molar-refractivity contribution in [3.8, 4) is 6.07 Å². The zero-order valence-electron chi connectivity index (χ0n) is 15.9. The Labute approximate surface area is 163 Å². The first-order valence-electron chi connectivity index (χ1n) is 9.88. The maximum Gasteiger partial charge on any atom is 0.169 e. The van der Waals surface area contributed by atoms with Crippen LogP contribution >= 0.6 is 0 Å². The molecule has 0 N–H and O–H groups in total. The van der Waals surface area contributed by atoms with E-state index in [1.165, 1.54) is 5.52 Å². The number of hydrogen-bond donors (Lipinski definition) is 0. The summed E-state index contributed by atoms with van der Waals surface area (Å²) in [6.07, 6.45) is 4.88. The molecule has 4 aromatic rings. The van der Waals surface area contributed by atoms with E-state index in [0.29, 0.717) is 11.7 Å². The number of aromatic nitrogens is 4. The first-order valence-corrected chi connectivity index (χ1v) is 9.88. The Morgan fingerprint density at radius 3 is 2.64 bits per heavy atom. The lowest BCUT2D eigenvalue weighted by Gasteiger charge is -2.33. The molecule has 28 heavy (non-hydrogen) atoms. The fourth-order valence-electron chi connectivity index (χ4n) is 4.39. The average molecular weight is 370 g/mol. The van der Waals surface area contributed by atoms with E-state index in [2.05, 4.69) is 46.7 Å². The summed E-state index contributed by atoms with van der Waals surface area (Å²) in [6, 6.07) is 17.0. The van der Waals surface area contributed by atoms with E-state index < -0.39 is 0 Å². The molecule has 0 aliphatic carbocycles. The van der Waals surface area contributed by atoms with Gasteiger partial charge in [-0.3, -0.25) is 4.40 Å². The van der Waals surface area contributed by atoms with E-state index >= 15 is 0 Å². The number of para-hydroxylation sites is 2. The maximum absolute atomic E-state index is 9.67. The lowest BCUT2D eigenvalue weighted by atomic mass is 10.0. The molecular formula is C22H22N6. The van der Waals surface area contributed by atoms with Crippen molar-refractivity contribution in [2.45, 2.75) is 32.2 Å². The van der Waals surface area contributed by atoms with Crippen LogP contribution in [0.25, 0.3) is 16.7 Å². The fourth-order valence-corrected chi connectivity index (χ4v) is 4.39. The normalized spacial score (nSPS) is 15.4. The van der Waals surface area contributed by atoms with Gasteiger partial charge in [0.25, 0.3) is 0 Å². The third kappa shape index (κ3) is 2.55. The number of nitrogens with zero attached hydrogens (tertiary/aromatic N) is 6. The van der Waals surface area contributed by atoms with E-state index in [-0.39, 0.29) is 0 Å². The highest BCUT2D eigenvalue weighted by Gasteiger charge is 2.27. The zero-order valence-corrected chi connectivity index (χ0v) is 15.9. The van der Waals surface area contributed by atoms with Crippen molar-refractivity contribution < 1.29 is 0 Å². The molecule has 3 aromatic heterocycles. The molecule has 1 aromatic carbocycles. The molecule has 1 aliphatic rings. The molecule has 4 heterocycles.